The average molecular weight is 961 g/mol. The quantitative estimate of drug-likeness (QED) is 0.0436. The van der Waals surface area contributed by atoms with E-state index >= 15 is 0 Å². The number of aliphatic hydroxyl groups is 5. The number of aliphatic hydroxyl groups excluding tert-OH is 5. The van der Waals surface area contributed by atoms with E-state index in [-0.39, 0.29) is 62.9 Å². The second-order valence-electron chi connectivity index (χ2n) is 14.7. The van der Waals surface area contributed by atoms with Gasteiger partial charge in [0.15, 0.2) is 53.0 Å². The lowest BCUT2D eigenvalue weighted by Gasteiger charge is -2.43. The van der Waals surface area contributed by atoms with E-state index in [4.69, 9.17) is 56.8 Å². The number of methoxy groups -OCH3 is 6. The first-order chi connectivity index (χ1) is 32.5. The van der Waals surface area contributed by atoms with E-state index in [1.807, 2.05) is 0 Å². The molecule has 0 aliphatic carbocycles. The highest BCUT2D eigenvalue weighted by atomic mass is 16.8. The van der Waals surface area contributed by atoms with Crippen LogP contribution < -0.4 is 28.4 Å². The molecule has 68 heavy (non-hydrogen) atoms. The van der Waals surface area contributed by atoms with Gasteiger partial charge in [-0.3, -0.25) is 0 Å². The van der Waals surface area contributed by atoms with Crippen molar-refractivity contribution in [3.63, 3.8) is 0 Å². The maximum absolute atomic E-state index is 13.6. The van der Waals surface area contributed by atoms with Crippen LogP contribution in [0.1, 0.15) is 16.7 Å². The molecule has 0 bridgehead atoms. The van der Waals surface area contributed by atoms with Gasteiger partial charge in [0.05, 0.1) is 49.3 Å². The van der Waals surface area contributed by atoms with Gasteiger partial charge in [-0.25, -0.2) is 14.4 Å². The molecule has 0 unspecified atom stereocenters. The second-order valence-corrected chi connectivity index (χ2v) is 14.7. The Balaban J connectivity index is 1.42. The van der Waals surface area contributed by atoms with Crippen molar-refractivity contribution in [1.29, 1.82) is 0 Å². The highest BCUT2D eigenvalue weighted by Gasteiger charge is 2.62. The van der Waals surface area contributed by atoms with Gasteiger partial charge in [0.25, 0.3) is 0 Å². The number of carbonyl (C=O) groups excluding carboxylic acids is 3. The fraction of sp³-hybridized carbons (Fsp3) is 0.400. The lowest BCUT2D eigenvalue weighted by Crippen LogP contribution is -2.63. The zero-order chi connectivity index (χ0) is 49.9. The van der Waals surface area contributed by atoms with Crippen LogP contribution in [0.5, 0.6) is 51.7 Å². The Morgan fingerprint density at radius 3 is 1.35 bits per heavy atom. The summed E-state index contributed by atoms with van der Waals surface area (Å²) in [6, 6.07) is 8.26. The van der Waals surface area contributed by atoms with Gasteiger partial charge in [-0.1, -0.05) is 0 Å². The minimum atomic E-state index is -2.68. The van der Waals surface area contributed by atoms with Gasteiger partial charge >= 0.3 is 17.9 Å². The first kappa shape index (κ1) is 52.1. The van der Waals surface area contributed by atoms with Crippen LogP contribution in [-0.2, 0) is 42.8 Å². The molecule has 2 aliphatic rings. The van der Waals surface area contributed by atoms with Crippen molar-refractivity contribution in [1.82, 2.24) is 0 Å². The molecule has 0 spiro atoms. The number of aromatic hydroxyl groups is 3. The van der Waals surface area contributed by atoms with Gasteiger partial charge in [0.2, 0.25) is 23.0 Å². The molecule has 9 atom stereocenters. The summed E-state index contributed by atoms with van der Waals surface area (Å²) in [6.07, 6.45) is -8.68. The van der Waals surface area contributed by atoms with Crippen molar-refractivity contribution in [3.8, 4) is 51.7 Å². The Morgan fingerprint density at radius 2 is 0.971 bits per heavy atom. The van der Waals surface area contributed by atoms with Gasteiger partial charge in [0.1, 0.15) is 43.7 Å². The second kappa shape index (κ2) is 23.3. The molecule has 2 heterocycles. The van der Waals surface area contributed by atoms with E-state index in [0.717, 1.165) is 18.2 Å². The zero-order valence-electron chi connectivity index (χ0n) is 37.4. The first-order valence-electron chi connectivity index (χ1n) is 20.2. The summed E-state index contributed by atoms with van der Waals surface area (Å²) in [5.41, 5.74) is 0.906. The minimum Gasteiger partial charge on any atom is -0.502 e. The third kappa shape index (κ3) is 11.8. The van der Waals surface area contributed by atoms with E-state index in [1.165, 1.54) is 97.3 Å². The molecule has 0 radical (unpaired) electrons. The highest BCUT2D eigenvalue weighted by molar-refractivity contribution is 5.89. The van der Waals surface area contributed by atoms with Gasteiger partial charge < -0.3 is 97.7 Å². The molecule has 2 fully saturated rings. The fourth-order valence-electron chi connectivity index (χ4n) is 6.95. The lowest BCUT2D eigenvalue weighted by atomic mass is 9.98. The molecule has 23 heteroatoms. The predicted octanol–water partition coefficient (Wildman–Crippen LogP) is 0.566. The number of rotatable bonds is 20. The van der Waals surface area contributed by atoms with E-state index < -0.39 is 92.5 Å². The maximum atomic E-state index is 13.6. The van der Waals surface area contributed by atoms with Gasteiger partial charge in [-0.05, 0) is 71.3 Å². The molecule has 370 valence electrons. The molecule has 2 aliphatic heterocycles. The Hall–Kier alpha value is -6.83. The number of hydrogen-bond acceptors (Lipinski definition) is 23. The summed E-state index contributed by atoms with van der Waals surface area (Å²) in [6.45, 7) is -2.98. The summed E-state index contributed by atoms with van der Waals surface area (Å²) in [5.74, 6) is -6.79. The minimum absolute atomic E-state index is 0.00590. The average Bonchev–Trinajstić information content (AvgIpc) is 3.62. The fourth-order valence-corrected chi connectivity index (χ4v) is 6.95. The number of benzene rings is 3. The molecular weight excluding hydrogens is 908 g/mol. The molecule has 8 N–H and O–H groups in total. The van der Waals surface area contributed by atoms with Crippen LogP contribution in [0.15, 0.2) is 54.6 Å². The van der Waals surface area contributed by atoms with Crippen LogP contribution in [0.4, 0.5) is 0 Å². The van der Waals surface area contributed by atoms with Gasteiger partial charge in [-0.2, -0.15) is 0 Å². The molecule has 3 aromatic carbocycles. The van der Waals surface area contributed by atoms with Gasteiger partial charge in [0, 0.05) is 18.2 Å². The number of esters is 3. The Kier molecular flexibility index (Phi) is 17.8. The molecule has 0 aromatic heterocycles. The molecule has 23 nitrogen and oxygen atoms in total. The highest BCUT2D eigenvalue weighted by Crippen LogP contribution is 2.42. The standard InChI is InChI=1S/C45H52O23/c1-57-25-13-22(14-26(58-2)36(25)51)7-10-33(48)63-20-32-39(54)40(55)41(56)44(64-32)68-45(21-47)43(66-35(50)12-9-24-17-29(61-5)38(53)30(18-24)62-6)42(31(19-46)67-45)65-34(49)11-8-23-15-27(59-3)37(52)28(16-23)60-4/h7-18,31-32,39-44,46-47,51-56H,19-21H2,1-6H3/b10-7+,11-8+,12-9+/t31-,32+,39+,40+,41+,42-,43-,44+,45-/m0/s1. The summed E-state index contributed by atoms with van der Waals surface area (Å²) >= 11 is 0. The van der Waals surface area contributed by atoms with Crippen molar-refractivity contribution in [3.05, 3.63) is 71.3 Å². The van der Waals surface area contributed by atoms with Crippen LogP contribution in [-0.4, -0.2) is 176 Å². The number of carbonyl (C=O) groups is 3. The SMILES string of the molecule is COc1cc(/C=C/C(=O)OC[C@H]2O[C@H](O[C@]3(CO)O[C@@H](CO)[C@H](OC(=O)/C=C/c4cc(OC)c(O)c(OC)c4)[C@@H]3OC(=O)/C=C/c3cc(OC)c(O)c(OC)c3)[C@H](O)[C@H](O)[C@@H]2O)cc(OC)c1O. The molecule has 2 saturated heterocycles. The van der Waals surface area contributed by atoms with Gasteiger partial charge in [-0.15, -0.1) is 0 Å². The third-order valence-corrected chi connectivity index (χ3v) is 10.5. The molecular formula is C45H52O23. The summed E-state index contributed by atoms with van der Waals surface area (Å²) in [4.78, 5) is 39.8. The third-order valence-electron chi connectivity index (χ3n) is 10.5. The summed E-state index contributed by atoms with van der Waals surface area (Å²) in [7, 11) is 7.78. The Labute approximate surface area is 388 Å². The van der Waals surface area contributed by atoms with Crippen LogP contribution in [0.25, 0.3) is 18.2 Å². The van der Waals surface area contributed by atoms with Crippen LogP contribution in [0.3, 0.4) is 0 Å². The van der Waals surface area contributed by atoms with Crippen LogP contribution >= 0.6 is 0 Å². The monoisotopic (exact) mass is 960 g/mol. The maximum Gasteiger partial charge on any atom is 0.331 e. The normalized spacial score (nSPS) is 24.8. The van der Waals surface area contributed by atoms with Crippen LogP contribution in [0.2, 0.25) is 0 Å². The predicted molar refractivity (Wildman–Crippen MR) is 231 cm³/mol. The van der Waals surface area contributed by atoms with E-state index in [2.05, 4.69) is 0 Å². The van der Waals surface area contributed by atoms with E-state index in [1.54, 1.807) is 0 Å². The van der Waals surface area contributed by atoms with Crippen molar-refractivity contribution < 1.29 is 112 Å². The lowest BCUT2D eigenvalue weighted by molar-refractivity contribution is -0.383. The molecule has 5 rings (SSSR count). The Bertz CT molecular complexity index is 2270. The number of phenolic OH excluding ortho intramolecular Hbond substituents is 3. The van der Waals surface area contributed by atoms with Crippen LogP contribution in [0, 0.1) is 0 Å². The first-order valence-corrected chi connectivity index (χ1v) is 20.2. The van der Waals surface area contributed by atoms with Crippen molar-refractivity contribution in [2.45, 2.75) is 54.8 Å². The smallest absolute Gasteiger partial charge is 0.331 e. The number of ether oxygens (including phenoxy) is 12. The topological polar surface area (TPSA) is 324 Å². The van der Waals surface area contributed by atoms with E-state index in [0.29, 0.717) is 5.56 Å². The Morgan fingerprint density at radius 1 is 0.574 bits per heavy atom. The van der Waals surface area contributed by atoms with E-state index in [9.17, 15) is 55.2 Å². The van der Waals surface area contributed by atoms with Crippen molar-refractivity contribution >= 4 is 36.1 Å². The zero-order valence-corrected chi connectivity index (χ0v) is 37.4. The van der Waals surface area contributed by atoms with Crippen molar-refractivity contribution in [2.24, 2.45) is 0 Å². The molecule has 0 saturated carbocycles. The number of phenols is 3. The largest absolute Gasteiger partial charge is 0.502 e. The number of hydrogen-bond donors (Lipinski definition) is 8. The molecule has 0 amide bonds. The summed E-state index contributed by atoms with van der Waals surface area (Å²) < 4.78 is 65.0. The molecule has 3 aromatic rings. The summed E-state index contributed by atoms with van der Waals surface area (Å²) in [5, 5.41) is 85.1. The van der Waals surface area contributed by atoms with Crippen molar-refractivity contribution in [2.75, 3.05) is 62.5 Å².